The Labute approximate surface area is 197 Å². The van der Waals surface area contributed by atoms with Crippen molar-refractivity contribution in [3.8, 4) is 0 Å². The lowest BCUT2D eigenvalue weighted by atomic mass is 9.29. The molecule has 0 unspecified atom stereocenters. The molecule has 2 nitrogen and oxygen atoms in total. The quantitative estimate of drug-likeness (QED) is 0.452. The molecular weight excluding hydrogens is 392 g/mol. The van der Waals surface area contributed by atoms with Gasteiger partial charge >= 0.3 is 0 Å². The molecule has 2 N–H and O–H groups in total. The molecule has 2 heteroatoms. The van der Waals surface area contributed by atoms with Crippen LogP contribution in [-0.2, 0) is 0 Å². The maximum atomic E-state index is 10.9. The Morgan fingerprint density at radius 2 is 1.44 bits per heavy atom. The molecule has 0 aromatic carbocycles. The van der Waals surface area contributed by atoms with Crippen LogP contribution in [0.1, 0.15) is 106 Å². The lowest BCUT2D eigenvalue weighted by Gasteiger charge is -2.76. The number of rotatable bonds is 2. The summed E-state index contributed by atoms with van der Waals surface area (Å²) < 4.78 is 0. The Bertz CT molecular complexity index is 788. The van der Waals surface area contributed by atoms with Crippen LogP contribution in [0.5, 0.6) is 0 Å². The summed E-state index contributed by atoms with van der Waals surface area (Å²) in [5.74, 6) is 2.49. The topological polar surface area (TPSA) is 40.5 Å². The Morgan fingerprint density at radius 3 is 2.09 bits per heavy atom. The maximum absolute atomic E-state index is 10.9. The summed E-state index contributed by atoms with van der Waals surface area (Å²) in [7, 11) is 0. The van der Waals surface area contributed by atoms with Gasteiger partial charge in [-0.2, -0.15) is 0 Å². The van der Waals surface area contributed by atoms with Gasteiger partial charge in [0.15, 0.2) is 0 Å². The predicted octanol–water partition coefficient (Wildman–Crippen LogP) is 7.00. The highest BCUT2D eigenvalue weighted by atomic mass is 16.3. The maximum Gasteiger partial charge on any atom is 0.0594 e. The van der Waals surface area contributed by atoms with Crippen molar-refractivity contribution in [2.45, 2.75) is 112 Å². The zero-order valence-corrected chi connectivity index (χ0v) is 21.8. The first-order chi connectivity index (χ1) is 14.9. The minimum Gasteiger partial charge on any atom is -0.396 e. The van der Waals surface area contributed by atoms with Crippen LogP contribution in [0.25, 0.3) is 0 Å². The lowest BCUT2D eigenvalue weighted by Crippen LogP contribution is -2.69. The molecule has 5 saturated carbocycles. The van der Waals surface area contributed by atoms with Crippen molar-refractivity contribution < 1.29 is 10.2 Å². The third-order valence-electron chi connectivity index (χ3n) is 14.0. The van der Waals surface area contributed by atoms with Gasteiger partial charge in [-0.15, -0.1) is 6.58 Å². The zero-order valence-electron chi connectivity index (χ0n) is 21.8. The molecule has 32 heavy (non-hydrogen) atoms. The number of hydrogen-bond donors (Lipinski definition) is 2. The van der Waals surface area contributed by atoms with E-state index in [4.69, 9.17) is 0 Å². The van der Waals surface area contributed by atoms with Gasteiger partial charge in [-0.05, 0) is 120 Å². The van der Waals surface area contributed by atoms with Gasteiger partial charge in [-0.1, -0.05) is 47.6 Å². The first-order valence-electron chi connectivity index (χ1n) is 13.8. The SMILES string of the molecule is C=C[C@H]1CC[C@]2(CO)CC[C@@]3(C)[C@@](C)(CC[C@H]4[C@@]5(C)CC[C@H](O)C(C)(C)[C@@H]5CC[C@]43C)[C@H]12. The highest BCUT2D eigenvalue weighted by molar-refractivity contribution is 5.23. The minimum atomic E-state index is -0.152. The van der Waals surface area contributed by atoms with Gasteiger partial charge in [-0.25, -0.2) is 0 Å². The van der Waals surface area contributed by atoms with Gasteiger partial charge in [-0.3, -0.25) is 0 Å². The van der Waals surface area contributed by atoms with E-state index in [1.807, 2.05) is 0 Å². The summed E-state index contributed by atoms with van der Waals surface area (Å²) in [5, 5.41) is 21.6. The van der Waals surface area contributed by atoms with E-state index in [0.717, 1.165) is 12.3 Å². The standard InChI is InChI=1S/C30H50O2/c1-8-20-9-16-30(19-31)18-17-29(7)27(5)14-10-21-25(2,3)23(32)12-13-26(21,4)22(27)11-15-28(29,6)24(20)30/h8,20-24,31-32H,1,9-19H2,2-7H3/t20-,21-,22-,23-,24-,26-,27+,28-,29+,30+/m0/s1. The fourth-order valence-corrected chi connectivity index (χ4v) is 12.0. The van der Waals surface area contributed by atoms with E-state index in [1.165, 1.54) is 57.8 Å². The summed E-state index contributed by atoms with van der Waals surface area (Å²) in [6.07, 6.45) is 14.3. The first-order valence-corrected chi connectivity index (χ1v) is 13.8. The second-order valence-electron chi connectivity index (χ2n) is 14.7. The van der Waals surface area contributed by atoms with E-state index in [0.29, 0.717) is 40.6 Å². The van der Waals surface area contributed by atoms with Gasteiger partial charge in [0.25, 0.3) is 0 Å². The Balaban J connectivity index is 1.59. The molecule has 0 aliphatic heterocycles. The van der Waals surface area contributed by atoms with E-state index in [-0.39, 0.29) is 22.3 Å². The molecule has 0 aromatic rings. The van der Waals surface area contributed by atoms with Crippen molar-refractivity contribution in [1.29, 1.82) is 0 Å². The molecule has 5 rings (SSSR count). The number of fused-ring (bicyclic) bond motifs is 7. The monoisotopic (exact) mass is 442 g/mol. The molecule has 5 aliphatic carbocycles. The molecule has 0 radical (unpaired) electrons. The molecule has 0 aromatic heterocycles. The van der Waals surface area contributed by atoms with Gasteiger partial charge in [0.1, 0.15) is 0 Å². The van der Waals surface area contributed by atoms with Crippen LogP contribution >= 0.6 is 0 Å². The van der Waals surface area contributed by atoms with Gasteiger partial charge in [0, 0.05) is 6.61 Å². The van der Waals surface area contributed by atoms with E-state index < -0.39 is 0 Å². The number of aliphatic hydroxyl groups is 2. The summed E-state index contributed by atoms with van der Waals surface area (Å²) >= 11 is 0. The van der Waals surface area contributed by atoms with Crippen LogP contribution in [0, 0.1) is 56.2 Å². The Hall–Kier alpha value is -0.340. The molecular formula is C30H50O2. The minimum absolute atomic E-state index is 0.0218. The second-order valence-corrected chi connectivity index (χ2v) is 14.7. The van der Waals surface area contributed by atoms with Crippen LogP contribution in [0.4, 0.5) is 0 Å². The van der Waals surface area contributed by atoms with Crippen LogP contribution in [0.2, 0.25) is 0 Å². The van der Waals surface area contributed by atoms with Crippen LogP contribution in [0.15, 0.2) is 12.7 Å². The first kappa shape index (κ1) is 23.4. The molecule has 10 atom stereocenters. The molecule has 0 heterocycles. The van der Waals surface area contributed by atoms with E-state index in [9.17, 15) is 10.2 Å². The second kappa shape index (κ2) is 6.87. The fraction of sp³-hybridized carbons (Fsp3) is 0.933. The Morgan fingerprint density at radius 1 is 0.781 bits per heavy atom. The smallest absolute Gasteiger partial charge is 0.0594 e. The van der Waals surface area contributed by atoms with E-state index in [1.54, 1.807) is 0 Å². The normalized spacial score (nSPS) is 58.8. The van der Waals surface area contributed by atoms with Gasteiger partial charge < -0.3 is 10.2 Å². The van der Waals surface area contributed by atoms with Crippen LogP contribution < -0.4 is 0 Å². The highest BCUT2D eigenvalue weighted by Gasteiger charge is 2.74. The van der Waals surface area contributed by atoms with Crippen molar-refractivity contribution in [3.05, 3.63) is 12.7 Å². The molecule has 182 valence electrons. The molecule has 5 aliphatic rings. The predicted molar refractivity (Wildman–Crippen MR) is 132 cm³/mol. The molecule has 0 spiro atoms. The van der Waals surface area contributed by atoms with E-state index in [2.05, 4.69) is 54.2 Å². The van der Waals surface area contributed by atoms with Crippen molar-refractivity contribution in [3.63, 3.8) is 0 Å². The van der Waals surface area contributed by atoms with E-state index >= 15 is 0 Å². The van der Waals surface area contributed by atoms with Crippen molar-refractivity contribution in [2.24, 2.45) is 56.2 Å². The Kier molecular flexibility index (Phi) is 5.02. The molecule has 0 amide bonds. The van der Waals surface area contributed by atoms with Crippen LogP contribution in [0.3, 0.4) is 0 Å². The van der Waals surface area contributed by atoms with Crippen molar-refractivity contribution >= 4 is 0 Å². The highest BCUT2D eigenvalue weighted by Crippen LogP contribution is 2.80. The molecule has 0 bridgehead atoms. The number of aliphatic hydroxyl groups excluding tert-OH is 2. The van der Waals surface area contributed by atoms with Gasteiger partial charge in [0.05, 0.1) is 6.10 Å². The zero-order chi connectivity index (χ0) is 23.4. The summed E-state index contributed by atoms with van der Waals surface area (Å²) in [5.41, 5.74) is 1.37. The third kappa shape index (κ3) is 2.45. The number of hydrogen-bond acceptors (Lipinski definition) is 2. The average molecular weight is 443 g/mol. The van der Waals surface area contributed by atoms with Crippen molar-refractivity contribution in [2.75, 3.05) is 6.61 Å². The molecule has 0 saturated heterocycles. The summed E-state index contributed by atoms with van der Waals surface area (Å²) in [4.78, 5) is 0. The lowest BCUT2D eigenvalue weighted by molar-refractivity contribution is -0.279. The van der Waals surface area contributed by atoms with Crippen molar-refractivity contribution in [1.82, 2.24) is 0 Å². The molecule has 5 fully saturated rings. The largest absolute Gasteiger partial charge is 0.396 e. The summed E-state index contributed by atoms with van der Waals surface area (Å²) in [6.45, 7) is 19.9. The van der Waals surface area contributed by atoms with Gasteiger partial charge in [0.2, 0.25) is 0 Å². The summed E-state index contributed by atoms with van der Waals surface area (Å²) in [6, 6.07) is 0. The fourth-order valence-electron chi connectivity index (χ4n) is 12.0. The third-order valence-corrected chi connectivity index (χ3v) is 14.0. The van der Waals surface area contributed by atoms with Crippen LogP contribution in [-0.4, -0.2) is 22.9 Å². The average Bonchev–Trinajstić information content (AvgIpc) is 3.13. The number of allylic oxidation sites excluding steroid dienone is 1.